The third-order valence-corrected chi connectivity index (χ3v) is 2.86. The Morgan fingerprint density at radius 1 is 1.44 bits per heavy atom. The molecule has 16 heavy (non-hydrogen) atoms. The number of carboxylic acid groups (broad SMARTS) is 1. The summed E-state index contributed by atoms with van der Waals surface area (Å²) >= 11 is 0. The highest BCUT2D eigenvalue weighted by Gasteiger charge is 2.52. The number of carbonyl (C=O) groups excluding carboxylic acids is 1. The van der Waals surface area contributed by atoms with Gasteiger partial charge in [0.2, 0.25) is 5.60 Å². The van der Waals surface area contributed by atoms with Gasteiger partial charge in [0.25, 0.3) is 0 Å². The summed E-state index contributed by atoms with van der Waals surface area (Å²) in [5, 5.41) is 9.28. The molecule has 1 aliphatic rings. The Labute approximate surface area is 92.8 Å². The molecule has 0 saturated carbocycles. The Hall–Kier alpha value is -1.84. The lowest BCUT2D eigenvalue weighted by Gasteiger charge is -2.22. The highest BCUT2D eigenvalue weighted by atomic mass is 16.6. The second-order valence-electron chi connectivity index (χ2n) is 4.02. The first-order valence-corrected chi connectivity index (χ1v) is 5.08. The van der Waals surface area contributed by atoms with E-state index in [1.807, 2.05) is 0 Å². The van der Waals surface area contributed by atoms with Crippen LogP contribution in [0.5, 0.6) is 0 Å². The minimum atomic E-state index is -1.50. The van der Waals surface area contributed by atoms with Crippen LogP contribution >= 0.6 is 0 Å². The minimum Gasteiger partial charge on any atom is -0.478 e. The largest absolute Gasteiger partial charge is 0.478 e. The molecule has 2 rings (SSSR count). The van der Waals surface area contributed by atoms with Crippen LogP contribution in [-0.2, 0) is 19.9 Å². The Balaban J connectivity index is 2.47. The predicted octanol–water partition coefficient (Wildman–Crippen LogP) is 1.55. The molecule has 1 aliphatic heterocycles. The first-order valence-electron chi connectivity index (χ1n) is 5.08. The van der Waals surface area contributed by atoms with Crippen molar-refractivity contribution in [1.82, 2.24) is 0 Å². The molecule has 1 N–H and O–H groups in total. The van der Waals surface area contributed by atoms with Gasteiger partial charge in [0.05, 0.1) is 5.92 Å². The van der Waals surface area contributed by atoms with E-state index in [1.165, 1.54) is 0 Å². The molecule has 1 saturated heterocycles. The second-order valence-corrected chi connectivity index (χ2v) is 4.02. The molecule has 0 aromatic heterocycles. The summed E-state index contributed by atoms with van der Waals surface area (Å²) in [5.74, 6) is -1.95. The van der Waals surface area contributed by atoms with E-state index in [0.29, 0.717) is 5.56 Å². The summed E-state index contributed by atoms with van der Waals surface area (Å²) in [6.07, 6.45) is 0.186. The van der Waals surface area contributed by atoms with E-state index >= 15 is 0 Å². The average molecular weight is 220 g/mol. The quantitative estimate of drug-likeness (QED) is 0.768. The third-order valence-electron chi connectivity index (χ3n) is 2.86. The van der Waals surface area contributed by atoms with E-state index < -0.39 is 17.5 Å². The van der Waals surface area contributed by atoms with E-state index in [-0.39, 0.29) is 12.3 Å². The number of rotatable bonds is 2. The second kappa shape index (κ2) is 3.63. The zero-order chi connectivity index (χ0) is 11.8. The first kappa shape index (κ1) is 10.7. The summed E-state index contributed by atoms with van der Waals surface area (Å²) in [6.45, 7) is 1.68. The normalized spacial score (nSPS) is 28.8. The lowest BCUT2D eigenvalue weighted by molar-refractivity contribution is -0.171. The monoisotopic (exact) mass is 220 g/mol. The molecule has 1 aromatic rings. The third kappa shape index (κ3) is 1.46. The van der Waals surface area contributed by atoms with Crippen LogP contribution in [0.15, 0.2) is 30.3 Å². The molecule has 2 atom stereocenters. The molecule has 0 amide bonds. The Morgan fingerprint density at radius 2 is 2.06 bits per heavy atom. The standard InChI is InChI=1S/C12H12O4/c1-8-7-12(11(14)15,16-10(8)13)9-5-3-2-4-6-9/h2-6,8H,7H2,1H3,(H,14,15). The molecule has 1 fully saturated rings. The minimum absolute atomic E-state index is 0.186. The van der Waals surface area contributed by atoms with Crippen LogP contribution in [0.2, 0.25) is 0 Å². The zero-order valence-corrected chi connectivity index (χ0v) is 8.84. The Morgan fingerprint density at radius 3 is 2.50 bits per heavy atom. The molecule has 1 heterocycles. The number of carboxylic acids is 1. The van der Waals surface area contributed by atoms with Gasteiger partial charge in [0.15, 0.2) is 0 Å². The molecule has 1 aromatic carbocycles. The Kier molecular flexibility index (Phi) is 2.42. The van der Waals surface area contributed by atoms with Crippen LogP contribution in [0.3, 0.4) is 0 Å². The maximum Gasteiger partial charge on any atom is 0.353 e. The van der Waals surface area contributed by atoms with Gasteiger partial charge in [-0.2, -0.15) is 0 Å². The number of esters is 1. The molecule has 0 spiro atoms. The van der Waals surface area contributed by atoms with E-state index in [9.17, 15) is 14.7 Å². The fourth-order valence-electron chi connectivity index (χ4n) is 1.97. The summed E-state index contributed by atoms with van der Waals surface area (Å²) in [6, 6.07) is 8.59. The fraction of sp³-hybridized carbons (Fsp3) is 0.333. The average Bonchev–Trinajstić information content (AvgIpc) is 2.58. The van der Waals surface area contributed by atoms with Gasteiger partial charge in [-0.05, 0) is 0 Å². The van der Waals surface area contributed by atoms with Crippen molar-refractivity contribution in [1.29, 1.82) is 0 Å². The highest BCUT2D eigenvalue weighted by Crippen LogP contribution is 2.39. The number of carbonyl (C=O) groups is 2. The van der Waals surface area contributed by atoms with Gasteiger partial charge in [-0.1, -0.05) is 37.3 Å². The SMILES string of the molecule is CC1CC(C(=O)O)(c2ccccc2)OC1=O. The maximum absolute atomic E-state index is 11.4. The van der Waals surface area contributed by atoms with Crippen LogP contribution in [-0.4, -0.2) is 17.0 Å². The van der Waals surface area contributed by atoms with Crippen LogP contribution in [0.25, 0.3) is 0 Å². The summed E-state index contributed by atoms with van der Waals surface area (Å²) in [4.78, 5) is 22.7. The number of hydrogen-bond acceptors (Lipinski definition) is 3. The molecular weight excluding hydrogens is 208 g/mol. The number of hydrogen-bond donors (Lipinski definition) is 1. The Bertz CT molecular complexity index is 426. The highest BCUT2D eigenvalue weighted by molar-refractivity contribution is 5.87. The molecule has 4 heteroatoms. The van der Waals surface area contributed by atoms with Crippen LogP contribution in [0.1, 0.15) is 18.9 Å². The van der Waals surface area contributed by atoms with Crippen molar-refractivity contribution in [3.63, 3.8) is 0 Å². The van der Waals surface area contributed by atoms with Gasteiger partial charge in [-0.15, -0.1) is 0 Å². The number of ether oxygens (including phenoxy) is 1. The van der Waals surface area contributed by atoms with E-state index in [1.54, 1.807) is 37.3 Å². The van der Waals surface area contributed by atoms with Crippen LogP contribution in [0.4, 0.5) is 0 Å². The van der Waals surface area contributed by atoms with Gasteiger partial charge in [-0.3, -0.25) is 4.79 Å². The lowest BCUT2D eigenvalue weighted by Crippen LogP contribution is -2.35. The van der Waals surface area contributed by atoms with E-state index in [4.69, 9.17) is 4.74 Å². The van der Waals surface area contributed by atoms with Crippen molar-refractivity contribution in [2.24, 2.45) is 5.92 Å². The fourth-order valence-corrected chi connectivity index (χ4v) is 1.97. The molecule has 0 radical (unpaired) electrons. The smallest absolute Gasteiger partial charge is 0.353 e. The van der Waals surface area contributed by atoms with Crippen molar-refractivity contribution in [3.8, 4) is 0 Å². The maximum atomic E-state index is 11.4. The van der Waals surface area contributed by atoms with Gasteiger partial charge in [0, 0.05) is 12.0 Å². The van der Waals surface area contributed by atoms with Crippen molar-refractivity contribution >= 4 is 11.9 Å². The molecule has 0 bridgehead atoms. The summed E-state index contributed by atoms with van der Waals surface area (Å²) < 4.78 is 5.07. The van der Waals surface area contributed by atoms with Crippen molar-refractivity contribution < 1.29 is 19.4 Å². The topological polar surface area (TPSA) is 63.6 Å². The number of benzene rings is 1. The van der Waals surface area contributed by atoms with E-state index in [2.05, 4.69) is 0 Å². The molecule has 2 unspecified atom stereocenters. The number of cyclic esters (lactones) is 1. The molecule has 4 nitrogen and oxygen atoms in total. The van der Waals surface area contributed by atoms with Gasteiger partial charge in [0.1, 0.15) is 0 Å². The van der Waals surface area contributed by atoms with Crippen LogP contribution < -0.4 is 0 Å². The van der Waals surface area contributed by atoms with Crippen molar-refractivity contribution in [3.05, 3.63) is 35.9 Å². The zero-order valence-electron chi connectivity index (χ0n) is 8.84. The van der Waals surface area contributed by atoms with E-state index in [0.717, 1.165) is 0 Å². The van der Waals surface area contributed by atoms with Crippen molar-refractivity contribution in [2.45, 2.75) is 18.9 Å². The summed E-state index contributed by atoms with van der Waals surface area (Å²) in [7, 11) is 0. The first-order chi connectivity index (χ1) is 7.56. The summed E-state index contributed by atoms with van der Waals surface area (Å²) in [5.41, 5.74) is -0.988. The molecule has 84 valence electrons. The van der Waals surface area contributed by atoms with Gasteiger partial charge in [-0.25, -0.2) is 4.79 Å². The van der Waals surface area contributed by atoms with Gasteiger partial charge >= 0.3 is 11.9 Å². The molecular formula is C12H12O4. The lowest BCUT2D eigenvalue weighted by atomic mass is 9.88. The van der Waals surface area contributed by atoms with Crippen molar-refractivity contribution in [2.75, 3.05) is 0 Å². The molecule has 0 aliphatic carbocycles. The van der Waals surface area contributed by atoms with Gasteiger partial charge < -0.3 is 9.84 Å². The number of aliphatic carboxylic acids is 1. The van der Waals surface area contributed by atoms with Crippen LogP contribution in [0, 0.1) is 5.92 Å². The predicted molar refractivity (Wildman–Crippen MR) is 55.6 cm³/mol.